The summed E-state index contributed by atoms with van der Waals surface area (Å²) in [5.41, 5.74) is 3.22. The molecule has 0 saturated heterocycles. The van der Waals surface area contributed by atoms with Crippen LogP contribution in [-0.2, 0) is 0 Å². The third kappa shape index (κ3) is 4.61. The van der Waals surface area contributed by atoms with Gasteiger partial charge in [-0.15, -0.1) is 0 Å². The molecule has 7 heteroatoms. The molecule has 0 spiro atoms. The molecule has 7 nitrogen and oxygen atoms in total. The summed E-state index contributed by atoms with van der Waals surface area (Å²) in [6, 6.07) is 11.3. The number of rotatable bonds is 7. The Balaban J connectivity index is 1.70. The molecule has 4 rings (SSSR count). The largest absolute Gasteiger partial charge is 0.396 e. The van der Waals surface area contributed by atoms with E-state index in [1.165, 1.54) is 0 Å². The predicted octanol–water partition coefficient (Wildman–Crippen LogP) is 2.44. The van der Waals surface area contributed by atoms with Gasteiger partial charge in [0.1, 0.15) is 16.6 Å². The van der Waals surface area contributed by atoms with Crippen LogP contribution in [0.15, 0.2) is 47.5 Å². The van der Waals surface area contributed by atoms with E-state index in [-0.39, 0.29) is 29.5 Å². The smallest absolute Gasteiger partial charge is 0.350 e. The van der Waals surface area contributed by atoms with Crippen LogP contribution in [0.25, 0.3) is 16.6 Å². The van der Waals surface area contributed by atoms with Gasteiger partial charge in [-0.25, -0.2) is 9.78 Å². The third-order valence-corrected chi connectivity index (χ3v) is 5.66. The fourth-order valence-electron chi connectivity index (χ4n) is 3.36. The summed E-state index contributed by atoms with van der Waals surface area (Å²) in [5, 5.41) is 16.3. The van der Waals surface area contributed by atoms with E-state index in [0.29, 0.717) is 23.2 Å². The molecule has 162 valence electrons. The maximum Gasteiger partial charge on any atom is 0.350 e. The number of nitrogens with one attached hydrogen (secondary N) is 3. The Morgan fingerprint density at radius 1 is 1.23 bits per heavy atom. The number of carbonyl (C=O) groups is 1. The zero-order chi connectivity index (χ0) is 22.2. The highest BCUT2D eigenvalue weighted by molar-refractivity contribution is 5.95. The quantitative estimate of drug-likeness (QED) is 0.546. The molecular formula is C24H29N4O3+. The maximum atomic E-state index is 13.3. The van der Waals surface area contributed by atoms with Gasteiger partial charge in [0.15, 0.2) is 0 Å². The lowest BCUT2D eigenvalue weighted by molar-refractivity contribution is -0.351. The Hall–Kier alpha value is -3.19. The van der Waals surface area contributed by atoms with Gasteiger partial charge in [-0.3, -0.25) is 4.79 Å². The average molecular weight is 422 g/mol. The third-order valence-electron chi connectivity index (χ3n) is 5.66. The summed E-state index contributed by atoms with van der Waals surface area (Å²) in [6.45, 7) is 6.51. The zero-order valence-corrected chi connectivity index (χ0v) is 18.2. The number of amides is 1. The van der Waals surface area contributed by atoms with Crippen LogP contribution in [0.5, 0.6) is 0 Å². The molecule has 0 aliphatic heterocycles. The number of nitrogens with zero attached hydrogens (tertiary/aromatic N) is 1. The second-order valence-electron chi connectivity index (χ2n) is 9.13. The van der Waals surface area contributed by atoms with E-state index in [1.807, 2.05) is 45.0 Å². The lowest BCUT2D eigenvalue weighted by atomic mass is 9.95. The first-order chi connectivity index (χ1) is 14.8. The second kappa shape index (κ2) is 8.15. The van der Waals surface area contributed by atoms with E-state index < -0.39 is 0 Å². The number of H-pyrrole nitrogens is 1. The number of benzene rings is 2. The molecule has 0 unspecified atom stereocenters. The highest BCUT2D eigenvalue weighted by Gasteiger charge is 2.25. The highest BCUT2D eigenvalue weighted by Crippen LogP contribution is 2.21. The van der Waals surface area contributed by atoms with Gasteiger partial charge in [-0.2, -0.15) is 4.57 Å². The average Bonchev–Trinajstić information content (AvgIpc) is 3.57. The van der Waals surface area contributed by atoms with Crippen molar-refractivity contribution in [2.24, 2.45) is 5.41 Å². The van der Waals surface area contributed by atoms with Crippen molar-refractivity contribution in [1.82, 2.24) is 9.88 Å². The number of aliphatic hydroxyl groups is 1. The van der Waals surface area contributed by atoms with Crippen LogP contribution in [0.4, 0.5) is 5.69 Å². The maximum absolute atomic E-state index is 13.3. The Morgan fingerprint density at radius 2 is 2.00 bits per heavy atom. The number of fused-ring (bicyclic) bond motifs is 1. The first kappa shape index (κ1) is 21.1. The molecule has 1 heterocycles. The molecule has 1 aliphatic carbocycles. The Kier molecular flexibility index (Phi) is 5.54. The molecular weight excluding hydrogens is 392 g/mol. The molecule has 4 N–H and O–H groups in total. The van der Waals surface area contributed by atoms with Crippen LogP contribution in [0.3, 0.4) is 0 Å². The van der Waals surface area contributed by atoms with Gasteiger partial charge < -0.3 is 15.7 Å². The van der Waals surface area contributed by atoms with Gasteiger partial charge in [0.05, 0.1) is 0 Å². The molecule has 31 heavy (non-hydrogen) atoms. The van der Waals surface area contributed by atoms with Crippen molar-refractivity contribution in [3.63, 3.8) is 0 Å². The number of hydrogen-bond donors (Lipinski definition) is 3. The minimum atomic E-state index is -0.267. The minimum Gasteiger partial charge on any atom is -0.396 e. The van der Waals surface area contributed by atoms with Gasteiger partial charge in [0.2, 0.25) is 6.33 Å². The number of aromatic nitrogens is 2. The van der Waals surface area contributed by atoms with Gasteiger partial charge in [-0.05, 0) is 55.7 Å². The predicted molar refractivity (Wildman–Crippen MR) is 121 cm³/mol. The summed E-state index contributed by atoms with van der Waals surface area (Å²) in [5.74, 6) is -0.112. The lowest BCUT2D eigenvalue weighted by Gasteiger charge is -2.22. The van der Waals surface area contributed by atoms with Gasteiger partial charge in [0.25, 0.3) is 5.91 Å². The number of aryl methyl sites for hydroxylation is 1. The second-order valence-corrected chi connectivity index (χ2v) is 9.13. The summed E-state index contributed by atoms with van der Waals surface area (Å²) in [4.78, 5) is 29.0. The normalized spacial score (nSPS) is 13.9. The molecule has 0 atom stereocenters. The van der Waals surface area contributed by atoms with E-state index >= 15 is 0 Å². The standard InChI is InChI=1S/C24H28N4O3/c1-15-4-5-16(22(30)27-17-6-7-17)10-21(15)28-14-26-20-9-8-18(11-19(20)23(28)31)25-12-24(2,3)13-29/h4-5,8-11,14,17,25,29H,6-7,12-13H2,1-3H3,(H,27,30)/p+1. The molecule has 1 aromatic heterocycles. The summed E-state index contributed by atoms with van der Waals surface area (Å²) < 4.78 is 1.55. The van der Waals surface area contributed by atoms with Crippen LogP contribution >= 0.6 is 0 Å². The SMILES string of the molecule is Cc1ccc(C(=O)NC2CC2)cc1-n1c[nH+]c2ccc(NCC(C)(C)CO)cc2c1=O. The van der Waals surface area contributed by atoms with Crippen molar-refractivity contribution in [1.29, 1.82) is 0 Å². The van der Waals surface area contributed by atoms with Gasteiger partial charge in [-0.1, -0.05) is 19.9 Å². The Morgan fingerprint density at radius 3 is 2.71 bits per heavy atom. The van der Waals surface area contributed by atoms with Crippen molar-refractivity contribution in [3.05, 3.63) is 64.2 Å². The van der Waals surface area contributed by atoms with E-state index in [9.17, 15) is 14.7 Å². The van der Waals surface area contributed by atoms with E-state index in [0.717, 1.165) is 29.6 Å². The molecule has 2 aromatic carbocycles. The van der Waals surface area contributed by atoms with Crippen molar-refractivity contribution in [2.75, 3.05) is 18.5 Å². The molecule has 3 aromatic rings. The summed E-state index contributed by atoms with van der Waals surface area (Å²) >= 11 is 0. The first-order valence-electron chi connectivity index (χ1n) is 10.6. The fourth-order valence-corrected chi connectivity index (χ4v) is 3.36. The molecule has 0 radical (unpaired) electrons. The van der Waals surface area contributed by atoms with Crippen LogP contribution in [0.2, 0.25) is 0 Å². The number of aromatic amines is 1. The molecule has 1 saturated carbocycles. The number of hydrogen-bond acceptors (Lipinski definition) is 4. The van der Waals surface area contributed by atoms with Crippen LogP contribution in [0, 0.1) is 12.3 Å². The number of anilines is 1. The minimum absolute atomic E-state index is 0.0676. The van der Waals surface area contributed by atoms with Crippen LogP contribution < -0.4 is 21.2 Å². The van der Waals surface area contributed by atoms with Crippen molar-refractivity contribution >= 4 is 22.5 Å². The zero-order valence-electron chi connectivity index (χ0n) is 18.2. The lowest BCUT2D eigenvalue weighted by Crippen LogP contribution is -2.28. The summed E-state index contributed by atoms with van der Waals surface area (Å²) in [6.07, 6.45) is 3.68. The van der Waals surface area contributed by atoms with E-state index in [1.54, 1.807) is 23.0 Å². The summed E-state index contributed by atoms with van der Waals surface area (Å²) in [7, 11) is 0. The van der Waals surface area contributed by atoms with Gasteiger partial charge in [0, 0.05) is 35.9 Å². The molecule has 1 amide bonds. The first-order valence-corrected chi connectivity index (χ1v) is 10.6. The van der Waals surface area contributed by atoms with Crippen molar-refractivity contribution in [2.45, 2.75) is 39.7 Å². The van der Waals surface area contributed by atoms with E-state index in [4.69, 9.17) is 0 Å². The molecule has 1 fully saturated rings. The van der Waals surface area contributed by atoms with Crippen molar-refractivity contribution in [3.8, 4) is 5.69 Å². The van der Waals surface area contributed by atoms with E-state index in [2.05, 4.69) is 15.6 Å². The highest BCUT2D eigenvalue weighted by atomic mass is 16.3. The van der Waals surface area contributed by atoms with Gasteiger partial charge >= 0.3 is 5.56 Å². The molecule has 0 bridgehead atoms. The number of aliphatic hydroxyl groups excluding tert-OH is 1. The molecule has 1 aliphatic rings. The van der Waals surface area contributed by atoms with Crippen molar-refractivity contribution < 1.29 is 14.9 Å². The number of carbonyl (C=O) groups excluding carboxylic acids is 1. The monoisotopic (exact) mass is 421 g/mol. The Bertz CT molecular complexity index is 1200. The fraction of sp³-hybridized carbons (Fsp3) is 0.375. The van der Waals surface area contributed by atoms with Crippen LogP contribution in [-0.4, -0.2) is 34.8 Å². The Labute approximate surface area is 181 Å². The van der Waals surface area contributed by atoms with Crippen LogP contribution in [0.1, 0.15) is 42.6 Å². The topological polar surface area (TPSA) is 97.5 Å².